The fourth-order valence-electron chi connectivity index (χ4n) is 1.33. The fraction of sp³-hybridized carbons (Fsp3) is 0.625. The van der Waals surface area contributed by atoms with Gasteiger partial charge in [0.05, 0.1) is 0 Å². The lowest BCUT2D eigenvalue weighted by molar-refractivity contribution is -0.172. The van der Waals surface area contributed by atoms with Crippen molar-refractivity contribution in [2.24, 2.45) is 0 Å². The highest BCUT2D eigenvalue weighted by Crippen LogP contribution is 2.32. The Morgan fingerprint density at radius 3 is 2.47 bits per heavy atom. The highest BCUT2D eigenvalue weighted by atomic mass is 19.4. The van der Waals surface area contributed by atoms with E-state index in [1.807, 2.05) is 0 Å². The summed E-state index contributed by atoms with van der Waals surface area (Å²) in [6.45, 7) is 1.43. The fourth-order valence-corrected chi connectivity index (χ4v) is 1.33. The number of amides is 1. The molecule has 0 aromatic carbocycles. The number of likely N-dealkylation sites (N-methyl/N-ethyl adjacent to an activating group) is 1. The zero-order valence-electron chi connectivity index (χ0n) is 8.25. The largest absolute Gasteiger partial charge is 0.431 e. The predicted octanol–water partition coefficient (Wildman–Crippen LogP) is 0.502. The third kappa shape index (κ3) is 2.06. The summed E-state index contributed by atoms with van der Waals surface area (Å²) in [7, 11) is 1.24. The number of allylic oxidation sites excluding steroid dienone is 1. The number of alkyl halides is 3. The van der Waals surface area contributed by atoms with Crippen molar-refractivity contribution in [3.8, 4) is 0 Å². The van der Waals surface area contributed by atoms with E-state index in [1.54, 1.807) is 0 Å². The molecule has 1 heterocycles. The summed E-state index contributed by atoms with van der Waals surface area (Å²) >= 11 is 0. The minimum Gasteiger partial charge on any atom is -0.356 e. The molecular weight excluding hydrogens is 213 g/mol. The van der Waals surface area contributed by atoms with Crippen molar-refractivity contribution in [3.63, 3.8) is 0 Å². The van der Waals surface area contributed by atoms with Gasteiger partial charge in [-0.25, -0.2) is 0 Å². The average molecular weight is 224 g/mol. The molecule has 0 radical (unpaired) electrons. The quantitative estimate of drug-likeness (QED) is 0.705. The molecule has 15 heavy (non-hydrogen) atoms. The van der Waals surface area contributed by atoms with Gasteiger partial charge in [-0.2, -0.15) is 13.2 Å². The Morgan fingerprint density at radius 1 is 1.53 bits per heavy atom. The van der Waals surface area contributed by atoms with Crippen molar-refractivity contribution in [2.75, 3.05) is 13.6 Å². The molecule has 1 N–H and O–H groups in total. The third-order valence-electron chi connectivity index (χ3n) is 2.17. The van der Waals surface area contributed by atoms with Crippen LogP contribution in [0.15, 0.2) is 11.8 Å². The number of aliphatic hydroxyl groups excluding tert-OH is 1. The van der Waals surface area contributed by atoms with Gasteiger partial charge in [0.1, 0.15) is 5.70 Å². The van der Waals surface area contributed by atoms with E-state index in [2.05, 4.69) is 0 Å². The topological polar surface area (TPSA) is 43.8 Å². The lowest BCUT2D eigenvalue weighted by Crippen LogP contribution is -2.54. The maximum absolute atomic E-state index is 12.5. The van der Waals surface area contributed by atoms with Crippen LogP contribution in [0.1, 0.15) is 6.92 Å². The lowest BCUT2D eigenvalue weighted by atomic mass is 10.2. The number of halogens is 3. The molecule has 0 bridgehead atoms. The minimum absolute atomic E-state index is 0.0376. The SMILES string of the molecule is CCN1C(C(F)(F)F)=CC(=O)N(C)C1O. The van der Waals surface area contributed by atoms with Gasteiger partial charge in [-0.1, -0.05) is 0 Å². The molecule has 0 saturated carbocycles. The van der Waals surface area contributed by atoms with Crippen LogP contribution in [0.2, 0.25) is 0 Å². The molecule has 0 fully saturated rings. The predicted molar refractivity (Wildman–Crippen MR) is 45.3 cm³/mol. The van der Waals surface area contributed by atoms with Crippen molar-refractivity contribution in [3.05, 3.63) is 11.8 Å². The first-order chi connectivity index (χ1) is 6.79. The van der Waals surface area contributed by atoms with Crippen LogP contribution in [0, 0.1) is 0 Å². The molecule has 1 unspecified atom stereocenters. The zero-order valence-corrected chi connectivity index (χ0v) is 8.25. The summed E-state index contributed by atoms with van der Waals surface area (Å²) in [5, 5.41) is 9.43. The van der Waals surface area contributed by atoms with Gasteiger partial charge in [0.2, 0.25) is 6.35 Å². The molecule has 1 rings (SSSR count). The zero-order chi connectivity index (χ0) is 11.8. The second-order valence-electron chi connectivity index (χ2n) is 3.11. The summed E-state index contributed by atoms with van der Waals surface area (Å²) in [5.41, 5.74) is -1.11. The molecule has 0 aromatic rings. The summed E-state index contributed by atoms with van der Waals surface area (Å²) in [5.74, 6) is -0.862. The van der Waals surface area contributed by atoms with Gasteiger partial charge in [-0.3, -0.25) is 9.69 Å². The summed E-state index contributed by atoms with van der Waals surface area (Å²) in [6.07, 6.45) is -5.71. The number of aliphatic hydroxyl groups is 1. The number of hydrogen-bond donors (Lipinski definition) is 1. The van der Waals surface area contributed by atoms with Crippen LogP contribution in [0.5, 0.6) is 0 Å². The number of rotatable bonds is 1. The van der Waals surface area contributed by atoms with Crippen LogP contribution >= 0.6 is 0 Å². The molecule has 86 valence electrons. The smallest absolute Gasteiger partial charge is 0.356 e. The summed E-state index contributed by atoms with van der Waals surface area (Å²) in [4.78, 5) is 12.6. The van der Waals surface area contributed by atoms with E-state index < -0.39 is 24.1 Å². The molecule has 0 aromatic heterocycles. The van der Waals surface area contributed by atoms with Gasteiger partial charge in [-0.15, -0.1) is 0 Å². The Bertz CT molecular complexity index is 301. The van der Waals surface area contributed by atoms with E-state index in [1.165, 1.54) is 14.0 Å². The Kier molecular flexibility index (Phi) is 2.94. The molecule has 7 heteroatoms. The van der Waals surface area contributed by atoms with Gasteiger partial charge in [0.15, 0.2) is 0 Å². The highest BCUT2D eigenvalue weighted by Gasteiger charge is 2.44. The molecular formula is C8H11F3N2O2. The van der Waals surface area contributed by atoms with E-state index in [0.717, 1.165) is 4.90 Å². The van der Waals surface area contributed by atoms with E-state index in [9.17, 15) is 23.1 Å². The first-order valence-electron chi connectivity index (χ1n) is 4.29. The Balaban J connectivity index is 3.13. The van der Waals surface area contributed by atoms with Crippen LogP contribution in [0.4, 0.5) is 13.2 Å². The van der Waals surface area contributed by atoms with Crippen molar-refractivity contribution < 1.29 is 23.1 Å². The maximum atomic E-state index is 12.5. The molecule has 1 aliphatic heterocycles. The number of nitrogens with zero attached hydrogens (tertiary/aromatic N) is 2. The first kappa shape index (κ1) is 11.8. The molecule has 1 amide bonds. The highest BCUT2D eigenvalue weighted by molar-refractivity contribution is 5.89. The van der Waals surface area contributed by atoms with E-state index in [4.69, 9.17) is 0 Å². The minimum atomic E-state index is -4.63. The van der Waals surface area contributed by atoms with Gasteiger partial charge >= 0.3 is 6.18 Å². The number of carbonyl (C=O) groups is 1. The lowest BCUT2D eigenvalue weighted by Gasteiger charge is -2.39. The van der Waals surface area contributed by atoms with Crippen LogP contribution in [0.3, 0.4) is 0 Å². The van der Waals surface area contributed by atoms with Crippen LogP contribution in [0.25, 0.3) is 0 Å². The second-order valence-corrected chi connectivity index (χ2v) is 3.11. The molecule has 0 aliphatic carbocycles. The normalized spacial score (nSPS) is 23.2. The summed E-state index contributed by atoms with van der Waals surface area (Å²) < 4.78 is 37.4. The van der Waals surface area contributed by atoms with Gasteiger partial charge in [0, 0.05) is 19.7 Å². The molecule has 0 spiro atoms. The number of hydrogen-bond acceptors (Lipinski definition) is 3. The standard InChI is InChI=1S/C8H11F3N2O2/c1-3-13-5(8(9,10)11)4-6(14)12(2)7(13)15/h4,7,15H,3H2,1-2H3. The third-order valence-corrected chi connectivity index (χ3v) is 2.17. The van der Waals surface area contributed by atoms with Crippen LogP contribution in [-0.2, 0) is 4.79 Å². The van der Waals surface area contributed by atoms with Crippen molar-refractivity contribution in [1.82, 2.24) is 9.80 Å². The summed E-state index contributed by atoms with van der Waals surface area (Å²) in [6, 6.07) is 0. The second kappa shape index (κ2) is 3.73. The molecule has 1 aliphatic rings. The maximum Gasteiger partial charge on any atom is 0.431 e. The Labute approximate surface area is 84.6 Å². The molecule has 1 atom stereocenters. The van der Waals surface area contributed by atoms with E-state index in [0.29, 0.717) is 11.0 Å². The number of carbonyl (C=O) groups excluding carboxylic acids is 1. The van der Waals surface area contributed by atoms with Crippen molar-refractivity contribution >= 4 is 5.91 Å². The van der Waals surface area contributed by atoms with E-state index in [-0.39, 0.29) is 6.54 Å². The van der Waals surface area contributed by atoms with Gasteiger partial charge in [0.25, 0.3) is 5.91 Å². The van der Waals surface area contributed by atoms with Gasteiger partial charge in [-0.05, 0) is 6.92 Å². The Hall–Kier alpha value is -1.24. The monoisotopic (exact) mass is 224 g/mol. The van der Waals surface area contributed by atoms with Crippen LogP contribution < -0.4 is 0 Å². The van der Waals surface area contributed by atoms with Crippen molar-refractivity contribution in [2.45, 2.75) is 19.5 Å². The molecule has 4 nitrogen and oxygen atoms in total. The van der Waals surface area contributed by atoms with Gasteiger partial charge < -0.3 is 10.0 Å². The average Bonchev–Trinajstić information content (AvgIpc) is 2.12. The first-order valence-corrected chi connectivity index (χ1v) is 4.29. The molecule has 0 saturated heterocycles. The Morgan fingerprint density at radius 2 is 2.07 bits per heavy atom. The van der Waals surface area contributed by atoms with E-state index >= 15 is 0 Å². The van der Waals surface area contributed by atoms with Crippen LogP contribution in [-0.4, -0.2) is 46.9 Å². The van der Waals surface area contributed by atoms with Crippen molar-refractivity contribution in [1.29, 1.82) is 0 Å².